The van der Waals surface area contributed by atoms with E-state index in [1.54, 1.807) is 45.1 Å². The molecule has 1 heterocycles. The largest absolute Gasteiger partial charge is 0.480 e. The molecule has 5 nitrogen and oxygen atoms in total. The first-order valence-electron chi connectivity index (χ1n) is 6.04. The Hall–Kier alpha value is -2.04. The number of carbonyl (C=O) groups excluding carboxylic acids is 1. The molecule has 104 valence electrons. The van der Waals surface area contributed by atoms with Gasteiger partial charge in [0.1, 0.15) is 11.8 Å². The van der Waals surface area contributed by atoms with Crippen LogP contribution >= 0.6 is 0 Å². The maximum atomic E-state index is 11.8. The highest BCUT2D eigenvalue weighted by atomic mass is 16.4. The molecule has 0 aromatic carbocycles. The Kier molecular flexibility index (Phi) is 4.92. The van der Waals surface area contributed by atoms with Crippen LogP contribution in [0, 0.1) is 5.41 Å². The van der Waals surface area contributed by atoms with Crippen LogP contribution in [0.25, 0.3) is 6.08 Å². The molecule has 1 amide bonds. The molecule has 1 aromatic rings. The van der Waals surface area contributed by atoms with Crippen molar-refractivity contribution < 1.29 is 19.1 Å². The Morgan fingerprint density at radius 2 is 2.16 bits per heavy atom. The summed E-state index contributed by atoms with van der Waals surface area (Å²) in [5, 5.41) is 11.6. The minimum atomic E-state index is -1.05. The van der Waals surface area contributed by atoms with Crippen molar-refractivity contribution in [1.82, 2.24) is 5.32 Å². The van der Waals surface area contributed by atoms with E-state index in [-0.39, 0.29) is 12.3 Å². The zero-order valence-corrected chi connectivity index (χ0v) is 11.3. The molecule has 0 aliphatic heterocycles. The van der Waals surface area contributed by atoms with Crippen molar-refractivity contribution in [1.29, 1.82) is 0 Å². The first kappa shape index (κ1) is 15.0. The van der Waals surface area contributed by atoms with E-state index in [4.69, 9.17) is 9.52 Å². The molecule has 1 rings (SSSR count). The summed E-state index contributed by atoms with van der Waals surface area (Å²) in [5.74, 6) is -0.695. The molecular formula is C14H19NO4. The topological polar surface area (TPSA) is 79.5 Å². The number of carboxylic acids is 1. The molecule has 2 N–H and O–H groups in total. The number of rotatable bonds is 5. The third-order valence-electron chi connectivity index (χ3n) is 2.48. The van der Waals surface area contributed by atoms with Crippen molar-refractivity contribution in [3.05, 3.63) is 30.2 Å². The zero-order valence-electron chi connectivity index (χ0n) is 11.3. The van der Waals surface area contributed by atoms with E-state index in [0.29, 0.717) is 5.76 Å². The van der Waals surface area contributed by atoms with Gasteiger partial charge in [-0.2, -0.15) is 0 Å². The van der Waals surface area contributed by atoms with Crippen molar-refractivity contribution in [2.45, 2.75) is 33.2 Å². The molecule has 0 radical (unpaired) electrons. The van der Waals surface area contributed by atoms with Gasteiger partial charge in [0.05, 0.1) is 6.26 Å². The molecule has 1 atom stereocenters. The number of hydrogen-bond acceptors (Lipinski definition) is 3. The predicted octanol–water partition coefficient (Wildman–Crippen LogP) is 2.30. The molecule has 0 aliphatic carbocycles. The standard InChI is InChI=1S/C14H19NO4/c1-14(2,3)13(18)15-11(12(16)17)8-4-6-10-7-5-9-19-10/h4-7,9,11H,8H2,1-3H3,(H,15,18)(H,16,17)/b6-4+/t11-/m0/s1. The number of carboxylic acid groups (broad SMARTS) is 1. The lowest BCUT2D eigenvalue weighted by atomic mass is 9.95. The van der Waals surface area contributed by atoms with Gasteiger partial charge in [-0.1, -0.05) is 26.8 Å². The van der Waals surface area contributed by atoms with Gasteiger partial charge in [-0.3, -0.25) is 4.79 Å². The van der Waals surface area contributed by atoms with E-state index in [2.05, 4.69) is 5.32 Å². The van der Waals surface area contributed by atoms with Gasteiger partial charge in [0.15, 0.2) is 0 Å². The van der Waals surface area contributed by atoms with E-state index in [1.807, 2.05) is 0 Å². The molecule has 0 saturated heterocycles. The van der Waals surface area contributed by atoms with Crippen LogP contribution in [-0.4, -0.2) is 23.0 Å². The molecule has 0 aliphatic rings. The second kappa shape index (κ2) is 6.22. The van der Waals surface area contributed by atoms with Crippen molar-refractivity contribution >= 4 is 18.0 Å². The lowest BCUT2D eigenvalue weighted by Crippen LogP contribution is -2.45. The van der Waals surface area contributed by atoms with Crippen LogP contribution in [0.5, 0.6) is 0 Å². The highest BCUT2D eigenvalue weighted by molar-refractivity contribution is 5.86. The Balaban J connectivity index is 2.59. The number of furan rings is 1. The molecule has 5 heteroatoms. The van der Waals surface area contributed by atoms with E-state index in [0.717, 1.165) is 0 Å². The van der Waals surface area contributed by atoms with Gasteiger partial charge in [0, 0.05) is 5.41 Å². The molecule has 0 spiro atoms. The monoisotopic (exact) mass is 265 g/mol. The average molecular weight is 265 g/mol. The fourth-order valence-electron chi connectivity index (χ4n) is 1.30. The second-order valence-corrected chi connectivity index (χ2v) is 5.27. The van der Waals surface area contributed by atoms with Crippen LogP contribution < -0.4 is 5.32 Å². The summed E-state index contributed by atoms with van der Waals surface area (Å²) in [6, 6.07) is 2.58. The minimum Gasteiger partial charge on any atom is -0.480 e. The molecule has 0 unspecified atom stereocenters. The second-order valence-electron chi connectivity index (χ2n) is 5.27. The number of hydrogen-bond donors (Lipinski definition) is 2. The van der Waals surface area contributed by atoms with E-state index >= 15 is 0 Å². The highest BCUT2D eigenvalue weighted by Gasteiger charge is 2.26. The van der Waals surface area contributed by atoms with Crippen LogP contribution in [0.3, 0.4) is 0 Å². The maximum Gasteiger partial charge on any atom is 0.326 e. The number of amides is 1. The smallest absolute Gasteiger partial charge is 0.326 e. The first-order chi connectivity index (χ1) is 8.80. The van der Waals surface area contributed by atoms with Gasteiger partial charge in [-0.15, -0.1) is 0 Å². The Morgan fingerprint density at radius 1 is 1.47 bits per heavy atom. The minimum absolute atomic E-state index is 0.206. The van der Waals surface area contributed by atoms with Crippen LogP contribution in [0.2, 0.25) is 0 Å². The summed E-state index contributed by atoms with van der Waals surface area (Å²) >= 11 is 0. The first-order valence-corrected chi connectivity index (χ1v) is 6.04. The Labute approximate surface area is 112 Å². The van der Waals surface area contributed by atoms with Gasteiger partial charge in [0.2, 0.25) is 5.91 Å². The van der Waals surface area contributed by atoms with Crippen LogP contribution in [-0.2, 0) is 9.59 Å². The molecule has 0 bridgehead atoms. The fraction of sp³-hybridized carbons (Fsp3) is 0.429. The summed E-state index contributed by atoms with van der Waals surface area (Å²) in [6.45, 7) is 5.21. The highest BCUT2D eigenvalue weighted by Crippen LogP contribution is 2.13. The lowest BCUT2D eigenvalue weighted by molar-refractivity contribution is -0.143. The third kappa shape index (κ3) is 4.99. The summed E-state index contributed by atoms with van der Waals surface area (Å²) in [6.07, 6.45) is 5.09. The van der Waals surface area contributed by atoms with Gasteiger partial charge >= 0.3 is 5.97 Å². The van der Waals surface area contributed by atoms with E-state index < -0.39 is 17.4 Å². The van der Waals surface area contributed by atoms with Gasteiger partial charge in [0.25, 0.3) is 0 Å². The normalized spacial score (nSPS) is 13.4. The zero-order chi connectivity index (χ0) is 14.5. The van der Waals surface area contributed by atoms with Crippen molar-refractivity contribution in [3.8, 4) is 0 Å². The fourth-order valence-corrected chi connectivity index (χ4v) is 1.30. The maximum absolute atomic E-state index is 11.8. The summed E-state index contributed by atoms with van der Waals surface area (Å²) < 4.78 is 5.09. The van der Waals surface area contributed by atoms with Crippen molar-refractivity contribution in [2.75, 3.05) is 0 Å². The van der Waals surface area contributed by atoms with Gasteiger partial charge in [-0.25, -0.2) is 4.79 Å². The van der Waals surface area contributed by atoms with E-state index in [1.165, 1.54) is 6.26 Å². The van der Waals surface area contributed by atoms with Crippen molar-refractivity contribution in [3.63, 3.8) is 0 Å². The summed E-state index contributed by atoms with van der Waals surface area (Å²) in [4.78, 5) is 22.8. The van der Waals surface area contributed by atoms with Crippen LogP contribution in [0.1, 0.15) is 33.0 Å². The number of aliphatic carboxylic acids is 1. The third-order valence-corrected chi connectivity index (χ3v) is 2.48. The van der Waals surface area contributed by atoms with Gasteiger partial charge in [-0.05, 0) is 24.6 Å². The van der Waals surface area contributed by atoms with E-state index in [9.17, 15) is 9.59 Å². The lowest BCUT2D eigenvalue weighted by Gasteiger charge is -2.21. The average Bonchev–Trinajstić information content (AvgIpc) is 2.78. The van der Waals surface area contributed by atoms with Crippen LogP contribution in [0.15, 0.2) is 28.9 Å². The quantitative estimate of drug-likeness (QED) is 0.856. The molecular weight excluding hydrogens is 246 g/mol. The van der Waals surface area contributed by atoms with Crippen LogP contribution in [0.4, 0.5) is 0 Å². The SMILES string of the molecule is CC(C)(C)C(=O)N[C@@H](C/C=C/c1ccco1)C(=O)O. The molecule has 1 aromatic heterocycles. The predicted molar refractivity (Wildman–Crippen MR) is 71.4 cm³/mol. The van der Waals surface area contributed by atoms with Crippen molar-refractivity contribution in [2.24, 2.45) is 5.41 Å². The number of nitrogens with one attached hydrogen (secondary N) is 1. The van der Waals surface area contributed by atoms with Gasteiger partial charge < -0.3 is 14.8 Å². The molecule has 0 fully saturated rings. The summed E-state index contributed by atoms with van der Waals surface area (Å²) in [5.41, 5.74) is -0.613. The molecule has 19 heavy (non-hydrogen) atoms. The Morgan fingerprint density at radius 3 is 2.63 bits per heavy atom. The summed E-state index contributed by atoms with van der Waals surface area (Å²) in [7, 11) is 0. The Bertz CT molecular complexity index is 454. The molecule has 0 saturated carbocycles. The number of carbonyl (C=O) groups is 2.